The summed E-state index contributed by atoms with van der Waals surface area (Å²) in [5.74, 6) is 1.42. The summed E-state index contributed by atoms with van der Waals surface area (Å²) in [6.07, 6.45) is 1.60. The molecule has 0 aliphatic carbocycles. The molecule has 2 aromatic rings. The van der Waals surface area contributed by atoms with Crippen LogP contribution < -0.4 is 15.8 Å². The summed E-state index contributed by atoms with van der Waals surface area (Å²) in [6.45, 7) is 2.46. The number of nitrogens with two attached hydrogens (primary N) is 1. The largest absolute Gasteiger partial charge is 0.457 e. The van der Waals surface area contributed by atoms with E-state index < -0.39 is 6.04 Å². The van der Waals surface area contributed by atoms with Gasteiger partial charge in [0.25, 0.3) is 0 Å². The lowest BCUT2D eigenvalue weighted by molar-refractivity contribution is -0.122. The van der Waals surface area contributed by atoms with Crippen LogP contribution in [0.15, 0.2) is 54.6 Å². The predicted molar refractivity (Wildman–Crippen MR) is 94.9 cm³/mol. The van der Waals surface area contributed by atoms with Gasteiger partial charge in [-0.3, -0.25) is 4.79 Å². The first-order valence-corrected chi connectivity index (χ1v) is 7.54. The summed E-state index contributed by atoms with van der Waals surface area (Å²) in [7, 11) is 0. The Kier molecular flexibility index (Phi) is 8.16. The van der Waals surface area contributed by atoms with Gasteiger partial charge in [-0.1, -0.05) is 43.7 Å². The first-order chi connectivity index (χ1) is 10.7. The van der Waals surface area contributed by atoms with Gasteiger partial charge in [-0.15, -0.1) is 12.4 Å². The summed E-state index contributed by atoms with van der Waals surface area (Å²) in [6, 6.07) is 16.8. The van der Waals surface area contributed by atoms with Gasteiger partial charge < -0.3 is 15.8 Å². The van der Waals surface area contributed by atoms with E-state index in [1.54, 1.807) is 0 Å². The smallest absolute Gasteiger partial charge is 0.237 e. The monoisotopic (exact) mass is 334 g/mol. The molecule has 1 atom stereocenters. The maximum Gasteiger partial charge on any atom is 0.237 e. The molecule has 23 heavy (non-hydrogen) atoms. The minimum Gasteiger partial charge on any atom is -0.457 e. The fourth-order valence-corrected chi connectivity index (χ4v) is 2.11. The molecule has 0 aliphatic rings. The number of carbonyl (C=O) groups excluding carboxylic acids is 1. The van der Waals surface area contributed by atoms with E-state index in [1.165, 1.54) is 0 Å². The molecule has 0 heterocycles. The highest BCUT2D eigenvalue weighted by atomic mass is 35.5. The zero-order valence-electron chi connectivity index (χ0n) is 13.2. The standard InChI is InChI=1S/C18H22N2O2.ClH/c1-2-7-17(19)18(21)20-13-14-8-6-11-16(12-14)22-15-9-4-3-5-10-15;/h3-6,8-12,17H,2,7,13,19H2,1H3,(H,20,21);1H. The highest BCUT2D eigenvalue weighted by Crippen LogP contribution is 2.21. The molecule has 5 heteroatoms. The van der Waals surface area contributed by atoms with E-state index >= 15 is 0 Å². The number of carbonyl (C=O) groups is 1. The molecular weight excluding hydrogens is 312 g/mol. The summed E-state index contributed by atoms with van der Waals surface area (Å²) < 4.78 is 5.77. The Bertz CT molecular complexity index is 605. The third-order valence-electron chi connectivity index (χ3n) is 3.28. The Hall–Kier alpha value is -2.04. The predicted octanol–water partition coefficient (Wildman–Crippen LogP) is 3.64. The molecular formula is C18H23ClN2O2. The zero-order chi connectivity index (χ0) is 15.8. The first kappa shape index (κ1) is 19.0. The van der Waals surface area contributed by atoms with Crippen LogP contribution in [0.2, 0.25) is 0 Å². The van der Waals surface area contributed by atoms with Crippen LogP contribution >= 0.6 is 12.4 Å². The fourth-order valence-electron chi connectivity index (χ4n) is 2.11. The highest BCUT2D eigenvalue weighted by Gasteiger charge is 2.11. The van der Waals surface area contributed by atoms with Crippen LogP contribution in [0.5, 0.6) is 11.5 Å². The number of hydrogen-bond donors (Lipinski definition) is 2. The third kappa shape index (κ3) is 6.30. The second kappa shape index (κ2) is 9.87. The topological polar surface area (TPSA) is 64.4 Å². The van der Waals surface area contributed by atoms with Gasteiger partial charge in [0.2, 0.25) is 5.91 Å². The first-order valence-electron chi connectivity index (χ1n) is 7.54. The number of benzene rings is 2. The summed E-state index contributed by atoms with van der Waals surface area (Å²) in [5, 5.41) is 2.86. The molecule has 2 aromatic carbocycles. The molecule has 0 fully saturated rings. The summed E-state index contributed by atoms with van der Waals surface area (Å²) >= 11 is 0. The third-order valence-corrected chi connectivity index (χ3v) is 3.28. The molecule has 0 saturated carbocycles. The number of halogens is 1. The zero-order valence-corrected chi connectivity index (χ0v) is 14.0. The van der Waals surface area contributed by atoms with Gasteiger partial charge in [-0.25, -0.2) is 0 Å². The normalized spacial score (nSPS) is 11.2. The van der Waals surface area contributed by atoms with Crippen molar-refractivity contribution in [1.82, 2.24) is 5.32 Å². The molecule has 1 unspecified atom stereocenters. The van der Waals surface area contributed by atoms with E-state index in [4.69, 9.17) is 10.5 Å². The molecule has 124 valence electrons. The van der Waals surface area contributed by atoms with E-state index in [2.05, 4.69) is 5.32 Å². The van der Waals surface area contributed by atoms with Crippen molar-refractivity contribution < 1.29 is 9.53 Å². The minimum absolute atomic E-state index is 0. The van der Waals surface area contributed by atoms with Crippen LogP contribution in [0.3, 0.4) is 0 Å². The van der Waals surface area contributed by atoms with E-state index in [-0.39, 0.29) is 18.3 Å². The van der Waals surface area contributed by atoms with Gasteiger partial charge in [0.15, 0.2) is 0 Å². The van der Waals surface area contributed by atoms with Crippen LogP contribution in [-0.4, -0.2) is 11.9 Å². The van der Waals surface area contributed by atoms with Crippen molar-refractivity contribution in [2.24, 2.45) is 5.73 Å². The van der Waals surface area contributed by atoms with E-state index in [0.29, 0.717) is 13.0 Å². The van der Waals surface area contributed by atoms with Crippen molar-refractivity contribution in [3.8, 4) is 11.5 Å². The number of para-hydroxylation sites is 1. The quantitative estimate of drug-likeness (QED) is 0.812. The van der Waals surface area contributed by atoms with Crippen LogP contribution in [0, 0.1) is 0 Å². The van der Waals surface area contributed by atoms with Crippen LogP contribution in [-0.2, 0) is 11.3 Å². The van der Waals surface area contributed by atoms with Crippen LogP contribution in [0.4, 0.5) is 0 Å². The van der Waals surface area contributed by atoms with Gasteiger partial charge in [-0.05, 0) is 36.2 Å². The van der Waals surface area contributed by atoms with Crippen molar-refractivity contribution in [2.75, 3.05) is 0 Å². The summed E-state index contributed by atoms with van der Waals surface area (Å²) in [4.78, 5) is 11.8. The number of hydrogen-bond acceptors (Lipinski definition) is 3. The lowest BCUT2D eigenvalue weighted by Gasteiger charge is -2.12. The van der Waals surface area contributed by atoms with Gasteiger partial charge in [0.05, 0.1) is 6.04 Å². The molecule has 2 rings (SSSR count). The molecule has 4 nitrogen and oxygen atoms in total. The molecule has 0 aliphatic heterocycles. The Labute approximate surface area is 143 Å². The minimum atomic E-state index is -0.436. The second-order valence-electron chi connectivity index (χ2n) is 5.18. The lowest BCUT2D eigenvalue weighted by Crippen LogP contribution is -2.40. The van der Waals surface area contributed by atoms with Crippen molar-refractivity contribution in [3.63, 3.8) is 0 Å². The van der Waals surface area contributed by atoms with Gasteiger partial charge in [0.1, 0.15) is 11.5 Å². The molecule has 0 bridgehead atoms. The second-order valence-corrected chi connectivity index (χ2v) is 5.18. The highest BCUT2D eigenvalue weighted by molar-refractivity contribution is 5.85. The Morgan fingerprint density at radius 1 is 1.13 bits per heavy atom. The maximum atomic E-state index is 11.8. The molecule has 3 N–H and O–H groups in total. The molecule has 0 radical (unpaired) electrons. The van der Waals surface area contributed by atoms with E-state index in [9.17, 15) is 4.79 Å². The molecule has 0 saturated heterocycles. The lowest BCUT2D eigenvalue weighted by atomic mass is 10.1. The Morgan fingerprint density at radius 3 is 2.52 bits per heavy atom. The number of nitrogens with one attached hydrogen (secondary N) is 1. The molecule has 0 spiro atoms. The SMILES string of the molecule is CCCC(N)C(=O)NCc1cccc(Oc2ccccc2)c1.Cl. The Morgan fingerprint density at radius 2 is 1.83 bits per heavy atom. The van der Waals surface area contributed by atoms with Crippen molar-refractivity contribution in [2.45, 2.75) is 32.4 Å². The van der Waals surface area contributed by atoms with E-state index in [0.717, 1.165) is 23.5 Å². The summed E-state index contributed by atoms with van der Waals surface area (Å²) in [5.41, 5.74) is 6.76. The van der Waals surface area contributed by atoms with Gasteiger partial charge in [0, 0.05) is 6.54 Å². The van der Waals surface area contributed by atoms with Gasteiger partial charge >= 0.3 is 0 Å². The van der Waals surface area contributed by atoms with Crippen LogP contribution in [0.25, 0.3) is 0 Å². The molecule has 1 amide bonds. The molecule has 0 aromatic heterocycles. The maximum absolute atomic E-state index is 11.8. The van der Waals surface area contributed by atoms with Crippen molar-refractivity contribution >= 4 is 18.3 Å². The number of ether oxygens (including phenoxy) is 1. The van der Waals surface area contributed by atoms with Gasteiger partial charge in [-0.2, -0.15) is 0 Å². The average molecular weight is 335 g/mol. The van der Waals surface area contributed by atoms with Crippen LogP contribution in [0.1, 0.15) is 25.3 Å². The number of amides is 1. The van der Waals surface area contributed by atoms with E-state index in [1.807, 2.05) is 61.5 Å². The Balaban J connectivity index is 0.00000264. The van der Waals surface area contributed by atoms with Crippen molar-refractivity contribution in [3.05, 3.63) is 60.2 Å². The van der Waals surface area contributed by atoms with Crippen molar-refractivity contribution in [1.29, 1.82) is 0 Å². The fraction of sp³-hybridized carbons (Fsp3) is 0.278. The number of rotatable bonds is 7. The average Bonchev–Trinajstić information content (AvgIpc) is 2.54.